The number of rotatable bonds is 7. The van der Waals surface area contributed by atoms with E-state index in [-0.39, 0.29) is 23.0 Å². The molecule has 1 amide bonds. The van der Waals surface area contributed by atoms with E-state index in [9.17, 15) is 19.7 Å². The van der Waals surface area contributed by atoms with Gasteiger partial charge in [0.1, 0.15) is 11.4 Å². The summed E-state index contributed by atoms with van der Waals surface area (Å²) >= 11 is 0. The second kappa shape index (κ2) is 8.79. The Bertz CT molecular complexity index is 846. The van der Waals surface area contributed by atoms with Crippen molar-refractivity contribution in [2.75, 3.05) is 11.9 Å². The number of hydrogen-bond acceptors (Lipinski definition) is 6. The van der Waals surface area contributed by atoms with Gasteiger partial charge in [0.25, 0.3) is 11.6 Å². The number of nitro groups is 1. The van der Waals surface area contributed by atoms with Crippen molar-refractivity contribution in [2.45, 2.75) is 26.9 Å². The van der Waals surface area contributed by atoms with Crippen LogP contribution in [0.25, 0.3) is 0 Å². The molecule has 2 aromatic carbocycles. The third-order valence-corrected chi connectivity index (χ3v) is 3.51. The van der Waals surface area contributed by atoms with E-state index in [1.54, 1.807) is 25.1 Å². The average molecular weight is 372 g/mol. The van der Waals surface area contributed by atoms with E-state index in [4.69, 9.17) is 9.47 Å². The molecule has 0 saturated carbocycles. The molecular weight excluding hydrogens is 352 g/mol. The molecule has 0 radical (unpaired) electrons. The number of anilines is 1. The molecule has 2 aromatic rings. The maximum atomic E-state index is 12.0. The van der Waals surface area contributed by atoms with Crippen molar-refractivity contribution >= 4 is 23.3 Å². The molecule has 0 aliphatic carbocycles. The first-order chi connectivity index (χ1) is 12.8. The molecule has 2 rings (SSSR count). The Kier molecular flexibility index (Phi) is 6.48. The molecule has 0 heterocycles. The Morgan fingerprint density at radius 2 is 1.81 bits per heavy atom. The summed E-state index contributed by atoms with van der Waals surface area (Å²) in [7, 11) is 0. The Morgan fingerprint density at radius 3 is 2.41 bits per heavy atom. The summed E-state index contributed by atoms with van der Waals surface area (Å²) in [4.78, 5) is 34.5. The number of ether oxygens (including phenoxy) is 2. The van der Waals surface area contributed by atoms with E-state index >= 15 is 0 Å². The minimum atomic E-state index is -0.680. The first kappa shape index (κ1) is 19.9. The zero-order valence-corrected chi connectivity index (χ0v) is 15.2. The molecule has 8 heteroatoms. The lowest BCUT2D eigenvalue weighted by Crippen LogP contribution is -2.22. The van der Waals surface area contributed by atoms with Gasteiger partial charge < -0.3 is 14.8 Å². The monoisotopic (exact) mass is 372 g/mol. The first-order valence-electron chi connectivity index (χ1n) is 8.25. The van der Waals surface area contributed by atoms with E-state index in [1.165, 1.54) is 24.3 Å². The summed E-state index contributed by atoms with van der Waals surface area (Å²) in [5, 5.41) is 13.5. The summed E-state index contributed by atoms with van der Waals surface area (Å²) in [6, 6.07) is 10.8. The van der Waals surface area contributed by atoms with E-state index in [0.717, 1.165) is 0 Å². The number of carbonyl (C=O) groups is 2. The highest BCUT2D eigenvalue weighted by molar-refractivity contribution is 5.97. The van der Waals surface area contributed by atoms with Crippen molar-refractivity contribution < 1.29 is 24.0 Å². The second-order valence-corrected chi connectivity index (χ2v) is 6.04. The topological polar surface area (TPSA) is 108 Å². The zero-order chi connectivity index (χ0) is 20.0. The van der Waals surface area contributed by atoms with E-state index in [0.29, 0.717) is 11.3 Å². The van der Waals surface area contributed by atoms with Crippen LogP contribution in [-0.4, -0.2) is 29.5 Å². The normalized spacial score (nSPS) is 10.4. The molecule has 0 spiro atoms. The predicted octanol–water partition coefficient (Wildman–Crippen LogP) is 3.49. The standard InChI is InChI=1S/C19H20N2O6/c1-12(2)27-15-9-7-14(8-10-15)19(23)26-11-17(22)20-18-13(3)5-4-6-16(18)21(24)25/h4-10,12H,11H2,1-3H3,(H,20,22). The molecule has 0 fully saturated rings. The number of para-hydroxylation sites is 1. The lowest BCUT2D eigenvalue weighted by Gasteiger charge is -2.11. The van der Waals surface area contributed by atoms with Gasteiger partial charge in [-0.05, 0) is 50.6 Å². The van der Waals surface area contributed by atoms with E-state index in [1.807, 2.05) is 13.8 Å². The Balaban J connectivity index is 1.96. The van der Waals surface area contributed by atoms with Gasteiger partial charge in [-0.25, -0.2) is 4.79 Å². The number of aryl methyl sites for hydroxylation is 1. The van der Waals surface area contributed by atoms with Gasteiger partial charge in [-0.15, -0.1) is 0 Å². The van der Waals surface area contributed by atoms with Crippen LogP contribution in [0.1, 0.15) is 29.8 Å². The van der Waals surface area contributed by atoms with Crippen molar-refractivity contribution in [2.24, 2.45) is 0 Å². The Hall–Kier alpha value is -3.42. The van der Waals surface area contributed by atoms with Gasteiger partial charge in [-0.2, -0.15) is 0 Å². The van der Waals surface area contributed by atoms with Crippen LogP contribution in [0, 0.1) is 17.0 Å². The van der Waals surface area contributed by atoms with Crippen LogP contribution in [0.2, 0.25) is 0 Å². The Morgan fingerprint density at radius 1 is 1.15 bits per heavy atom. The van der Waals surface area contributed by atoms with E-state index < -0.39 is 23.4 Å². The largest absolute Gasteiger partial charge is 0.491 e. The number of hydrogen-bond donors (Lipinski definition) is 1. The fraction of sp³-hybridized carbons (Fsp3) is 0.263. The van der Waals surface area contributed by atoms with Gasteiger partial charge in [0.15, 0.2) is 6.61 Å². The maximum Gasteiger partial charge on any atom is 0.338 e. The van der Waals surface area contributed by atoms with Gasteiger partial charge >= 0.3 is 5.97 Å². The van der Waals surface area contributed by atoms with Gasteiger partial charge in [0, 0.05) is 6.07 Å². The molecule has 0 atom stereocenters. The van der Waals surface area contributed by atoms with Crippen LogP contribution in [-0.2, 0) is 9.53 Å². The lowest BCUT2D eigenvalue weighted by atomic mass is 10.1. The van der Waals surface area contributed by atoms with Crippen molar-refractivity contribution in [3.63, 3.8) is 0 Å². The SMILES string of the molecule is Cc1cccc([N+](=O)[O-])c1NC(=O)COC(=O)c1ccc(OC(C)C)cc1. The highest BCUT2D eigenvalue weighted by Gasteiger charge is 2.18. The fourth-order valence-corrected chi connectivity index (χ4v) is 2.30. The molecular formula is C19H20N2O6. The van der Waals surface area contributed by atoms with Crippen LogP contribution in [0.5, 0.6) is 5.75 Å². The third kappa shape index (κ3) is 5.53. The number of nitrogens with zero attached hydrogens (tertiary/aromatic N) is 1. The molecule has 0 aromatic heterocycles. The van der Waals surface area contributed by atoms with Crippen LogP contribution in [0.4, 0.5) is 11.4 Å². The van der Waals surface area contributed by atoms with Crippen LogP contribution in [0.3, 0.4) is 0 Å². The van der Waals surface area contributed by atoms with Crippen molar-refractivity contribution in [3.05, 3.63) is 63.7 Å². The minimum Gasteiger partial charge on any atom is -0.491 e. The summed E-state index contributed by atoms with van der Waals surface area (Å²) in [5.74, 6) is -0.729. The van der Waals surface area contributed by atoms with E-state index in [2.05, 4.69) is 5.32 Å². The molecule has 0 unspecified atom stereocenters. The summed E-state index contributed by atoms with van der Waals surface area (Å²) in [6.45, 7) is 4.85. The average Bonchev–Trinajstić information content (AvgIpc) is 2.61. The van der Waals surface area contributed by atoms with Crippen LogP contribution in [0.15, 0.2) is 42.5 Å². The third-order valence-electron chi connectivity index (χ3n) is 3.51. The van der Waals surface area contributed by atoms with Crippen molar-refractivity contribution in [1.82, 2.24) is 0 Å². The molecule has 27 heavy (non-hydrogen) atoms. The summed E-state index contributed by atoms with van der Waals surface area (Å²) in [6.07, 6.45) is 0.0111. The summed E-state index contributed by atoms with van der Waals surface area (Å²) < 4.78 is 10.4. The van der Waals surface area contributed by atoms with Crippen molar-refractivity contribution in [1.29, 1.82) is 0 Å². The van der Waals surface area contributed by atoms with Crippen molar-refractivity contribution in [3.8, 4) is 5.75 Å². The molecule has 0 bridgehead atoms. The fourth-order valence-electron chi connectivity index (χ4n) is 2.30. The number of nitro benzene ring substituents is 1. The lowest BCUT2D eigenvalue weighted by molar-refractivity contribution is -0.384. The van der Waals surface area contributed by atoms with Gasteiger partial charge in [-0.3, -0.25) is 14.9 Å². The van der Waals surface area contributed by atoms with Crippen LogP contribution < -0.4 is 10.1 Å². The molecule has 0 aliphatic rings. The highest BCUT2D eigenvalue weighted by atomic mass is 16.6. The molecule has 0 aliphatic heterocycles. The maximum absolute atomic E-state index is 12.0. The van der Waals surface area contributed by atoms with Gasteiger partial charge in [0.2, 0.25) is 0 Å². The van der Waals surface area contributed by atoms with Gasteiger partial charge in [-0.1, -0.05) is 12.1 Å². The zero-order valence-electron chi connectivity index (χ0n) is 15.2. The number of carbonyl (C=O) groups excluding carboxylic acids is 2. The predicted molar refractivity (Wildman–Crippen MR) is 99.0 cm³/mol. The number of benzene rings is 2. The summed E-state index contributed by atoms with van der Waals surface area (Å²) in [5.41, 5.74) is 0.652. The Labute approximate surface area is 156 Å². The molecule has 0 saturated heterocycles. The number of amides is 1. The highest BCUT2D eigenvalue weighted by Crippen LogP contribution is 2.27. The molecule has 1 N–H and O–H groups in total. The number of nitrogens with one attached hydrogen (secondary N) is 1. The molecule has 8 nitrogen and oxygen atoms in total. The number of esters is 1. The van der Waals surface area contributed by atoms with Crippen LogP contribution >= 0.6 is 0 Å². The van der Waals surface area contributed by atoms with Gasteiger partial charge in [0.05, 0.1) is 16.6 Å². The minimum absolute atomic E-state index is 0.0111. The quantitative estimate of drug-likeness (QED) is 0.453. The first-order valence-corrected chi connectivity index (χ1v) is 8.25. The molecule has 142 valence electrons. The second-order valence-electron chi connectivity index (χ2n) is 6.04. The smallest absolute Gasteiger partial charge is 0.338 e.